The number of carboxylic acids is 1. The third-order valence-electron chi connectivity index (χ3n) is 4.31. The molecule has 0 amide bonds. The van der Waals surface area contributed by atoms with Crippen molar-refractivity contribution in [2.24, 2.45) is 0 Å². The molecule has 3 rings (SSSR count). The molecule has 0 aliphatic heterocycles. The molecule has 0 radical (unpaired) electrons. The first-order chi connectivity index (χ1) is 9.15. The van der Waals surface area contributed by atoms with Crippen molar-refractivity contribution in [1.29, 1.82) is 0 Å². The van der Waals surface area contributed by atoms with Gasteiger partial charge in [0.05, 0.1) is 11.1 Å². The number of nitrogens with zero attached hydrogens (tertiary/aromatic N) is 1. The minimum atomic E-state index is -0.802. The SMILES string of the molecule is Cc1noc2c(C3(C(=O)O)CCCCC3)cccc12. The number of hydrogen-bond acceptors (Lipinski definition) is 3. The number of carbonyl (C=O) groups is 1. The summed E-state index contributed by atoms with van der Waals surface area (Å²) in [5.74, 6) is -0.742. The van der Waals surface area contributed by atoms with Crippen molar-refractivity contribution in [1.82, 2.24) is 5.16 Å². The van der Waals surface area contributed by atoms with Gasteiger partial charge in [0.25, 0.3) is 0 Å². The Labute approximate surface area is 111 Å². The maximum absolute atomic E-state index is 11.9. The lowest BCUT2D eigenvalue weighted by atomic mass is 9.69. The first-order valence-electron chi connectivity index (χ1n) is 6.74. The average Bonchev–Trinajstić information content (AvgIpc) is 2.81. The molecule has 1 N–H and O–H groups in total. The zero-order valence-corrected chi connectivity index (χ0v) is 11.0. The van der Waals surface area contributed by atoms with Gasteiger partial charge in [-0.3, -0.25) is 4.79 Å². The first kappa shape index (κ1) is 12.2. The van der Waals surface area contributed by atoms with Gasteiger partial charge >= 0.3 is 5.97 Å². The fourth-order valence-corrected chi connectivity index (χ4v) is 3.21. The van der Waals surface area contributed by atoms with Crippen LogP contribution in [0.3, 0.4) is 0 Å². The van der Waals surface area contributed by atoms with E-state index in [9.17, 15) is 9.90 Å². The van der Waals surface area contributed by atoms with Gasteiger partial charge in [0.2, 0.25) is 0 Å². The number of para-hydroxylation sites is 1. The fourth-order valence-electron chi connectivity index (χ4n) is 3.21. The Morgan fingerprint density at radius 1 is 1.32 bits per heavy atom. The summed E-state index contributed by atoms with van der Waals surface area (Å²) in [5, 5.41) is 14.6. The molecule has 0 atom stereocenters. The van der Waals surface area contributed by atoms with Gasteiger partial charge in [0, 0.05) is 10.9 Å². The third-order valence-corrected chi connectivity index (χ3v) is 4.31. The first-order valence-corrected chi connectivity index (χ1v) is 6.74. The number of hydrogen-bond donors (Lipinski definition) is 1. The third kappa shape index (κ3) is 1.74. The molecular weight excluding hydrogens is 242 g/mol. The molecule has 4 nitrogen and oxygen atoms in total. The lowest BCUT2D eigenvalue weighted by Crippen LogP contribution is -2.37. The van der Waals surface area contributed by atoms with Crippen LogP contribution in [0.4, 0.5) is 0 Å². The molecule has 1 aromatic heterocycles. The van der Waals surface area contributed by atoms with Crippen molar-refractivity contribution >= 4 is 16.9 Å². The van der Waals surface area contributed by atoms with Crippen molar-refractivity contribution in [3.8, 4) is 0 Å². The van der Waals surface area contributed by atoms with Crippen molar-refractivity contribution in [3.63, 3.8) is 0 Å². The number of carboxylic acid groups (broad SMARTS) is 1. The maximum atomic E-state index is 11.9. The molecule has 0 saturated heterocycles. The van der Waals surface area contributed by atoms with Crippen molar-refractivity contribution in [2.45, 2.75) is 44.4 Å². The van der Waals surface area contributed by atoms with Gasteiger partial charge in [-0.15, -0.1) is 0 Å². The van der Waals surface area contributed by atoms with E-state index in [1.807, 2.05) is 25.1 Å². The Bertz CT molecular complexity index is 623. The highest BCUT2D eigenvalue weighted by molar-refractivity contribution is 5.91. The van der Waals surface area contributed by atoms with E-state index in [2.05, 4.69) is 5.16 Å². The number of aromatic nitrogens is 1. The minimum absolute atomic E-state index is 0.643. The van der Waals surface area contributed by atoms with Gasteiger partial charge < -0.3 is 9.63 Å². The van der Waals surface area contributed by atoms with E-state index in [-0.39, 0.29) is 0 Å². The smallest absolute Gasteiger partial charge is 0.314 e. The molecule has 4 heteroatoms. The minimum Gasteiger partial charge on any atom is -0.481 e. The molecule has 1 fully saturated rings. The highest BCUT2D eigenvalue weighted by atomic mass is 16.5. The standard InChI is InChI=1S/C15H17NO3/c1-10-11-6-5-7-12(13(11)19-16-10)15(14(17)18)8-3-2-4-9-15/h5-7H,2-4,8-9H2,1H3,(H,17,18). The van der Waals surface area contributed by atoms with Crippen LogP contribution in [-0.2, 0) is 10.2 Å². The molecule has 1 aliphatic carbocycles. The summed E-state index contributed by atoms with van der Waals surface area (Å²) < 4.78 is 5.39. The largest absolute Gasteiger partial charge is 0.481 e. The van der Waals surface area contributed by atoms with E-state index >= 15 is 0 Å². The number of aliphatic carboxylic acids is 1. The molecule has 0 spiro atoms. The number of rotatable bonds is 2. The average molecular weight is 259 g/mol. The van der Waals surface area contributed by atoms with Crippen molar-refractivity contribution in [2.75, 3.05) is 0 Å². The zero-order chi connectivity index (χ0) is 13.5. The Morgan fingerprint density at radius 2 is 2.05 bits per heavy atom. The summed E-state index contributed by atoms with van der Waals surface area (Å²) in [6.45, 7) is 1.88. The molecule has 1 aliphatic rings. The van der Waals surface area contributed by atoms with Crippen LogP contribution in [0.25, 0.3) is 11.0 Å². The molecule has 2 aromatic rings. The lowest BCUT2D eigenvalue weighted by molar-refractivity contribution is -0.145. The molecule has 1 heterocycles. The van der Waals surface area contributed by atoms with Crippen LogP contribution in [0.2, 0.25) is 0 Å². The van der Waals surface area contributed by atoms with Crippen molar-refractivity contribution in [3.05, 3.63) is 29.5 Å². The predicted octanol–water partition coefficient (Wildman–Crippen LogP) is 3.42. The highest BCUT2D eigenvalue weighted by Gasteiger charge is 2.43. The van der Waals surface area contributed by atoms with E-state index in [0.29, 0.717) is 18.4 Å². The fraction of sp³-hybridized carbons (Fsp3) is 0.467. The Balaban J connectivity index is 2.23. The van der Waals surface area contributed by atoms with Gasteiger partial charge in [0.1, 0.15) is 0 Å². The number of fused-ring (bicyclic) bond motifs is 1. The molecule has 100 valence electrons. The van der Waals surface area contributed by atoms with Crippen molar-refractivity contribution < 1.29 is 14.4 Å². The summed E-state index contributed by atoms with van der Waals surface area (Å²) in [5.41, 5.74) is 1.44. The molecule has 0 unspecified atom stereocenters. The Kier molecular flexibility index (Phi) is 2.81. The lowest BCUT2D eigenvalue weighted by Gasteiger charge is -2.33. The molecule has 0 bridgehead atoms. The van der Waals surface area contributed by atoms with E-state index in [0.717, 1.165) is 35.9 Å². The van der Waals surface area contributed by atoms with Crippen LogP contribution < -0.4 is 0 Å². The van der Waals surface area contributed by atoms with Crippen LogP contribution >= 0.6 is 0 Å². The molecular formula is C15H17NO3. The molecule has 1 saturated carbocycles. The van der Waals surface area contributed by atoms with E-state index in [4.69, 9.17) is 4.52 Å². The van der Waals surface area contributed by atoms with Gasteiger partial charge in [-0.05, 0) is 25.8 Å². The van der Waals surface area contributed by atoms with Gasteiger partial charge in [-0.1, -0.05) is 36.6 Å². The summed E-state index contributed by atoms with van der Waals surface area (Å²) >= 11 is 0. The summed E-state index contributed by atoms with van der Waals surface area (Å²) in [6, 6.07) is 5.72. The molecule has 1 aromatic carbocycles. The molecule has 19 heavy (non-hydrogen) atoms. The van der Waals surface area contributed by atoms with Gasteiger partial charge in [0.15, 0.2) is 5.58 Å². The predicted molar refractivity (Wildman–Crippen MR) is 71.1 cm³/mol. The summed E-state index contributed by atoms with van der Waals surface area (Å²) in [7, 11) is 0. The van der Waals surface area contributed by atoms with E-state index < -0.39 is 11.4 Å². The monoisotopic (exact) mass is 259 g/mol. The Hall–Kier alpha value is -1.84. The topological polar surface area (TPSA) is 63.3 Å². The van der Waals surface area contributed by atoms with Crippen LogP contribution in [0, 0.1) is 6.92 Å². The zero-order valence-electron chi connectivity index (χ0n) is 11.0. The van der Waals surface area contributed by atoms with Crippen LogP contribution in [0.1, 0.15) is 43.4 Å². The van der Waals surface area contributed by atoms with Gasteiger partial charge in [-0.25, -0.2) is 0 Å². The van der Waals surface area contributed by atoms with Crippen LogP contribution in [0.15, 0.2) is 22.7 Å². The maximum Gasteiger partial charge on any atom is 0.314 e. The van der Waals surface area contributed by atoms with E-state index in [1.165, 1.54) is 0 Å². The second kappa shape index (κ2) is 4.37. The highest BCUT2D eigenvalue weighted by Crippen LogP contribution is 2.42. The van der Waals surface area contributed by atoms with E-state index in [1.54, 1.807) is 0 Å². The number of benzene rings is 1. The second-order valence-corrected chi connectivity index (χ2v) is 5.40. The van der Waals surface area contributed by atoms with Crippen LogP contribution in [0.5, 0.6) is 0 Å². The quantitative estimate of drug-likeness (QED) is 0.897. The second-order valence-electron chi connectivity index (χ2n) is 5.40. The summed E-state index contributed by atoms with van der Waals surface area (Å²) in [4.78, 5) is 11.9. The summed E-state index contributed by atoms with van der Waals surface area (Å²) in [6.07, 6.45) is 4.38. The Morgan fingerprint density at radius 3 is 2.74 bits per heavy atom. The normalized spacial score (nSPS) is 18.6. The van der Waals surface area contributed by atoms with Crippen LogP contribution in [-0.4, -0.2) is 16.2 Å². The number of aryl methyl sites for hydroxylation is 1. The van der Waals surface area contributed by atoms with Gasteiger partial charge in [-0.2, -0.15) is 0 Å².